The van der Waals surface area contributed by atoms with E-state index >= 15 is 0 Å². The van der Waals surface area contributed by atoms with Gasteiger partial charge in [-0.15, -0.1) is 0 Å². The molecular formula is C30H29ClN2O3. The SMILES string of the molecule is CC(C)(C)NC(=O)C1(C(=O)c2ccc(Cl)cc2)C/C(=C\c2ccccc2)C(=O)N1Cc1ccccc1. The van der Waals surface area contributed by atoms with Crippen molar-refractivity contribution in [3.8, 4) is 0 Å². The van der Waals surface area contributed by atoms with Crippen molar-refractivity contribution in [3.63, 3.8) is 0 Å². The lowest BCUT2D eigenvalue weighted by Crippen LogP contribution is -2.63. The second-order valence-electron chi connectivity index (χ2n) is 10.0. The number of carbonyl (C=O) groups is 3. The Labute approximate surface area is 216 Å². The molecule has 2 amide bonds. The van der Waals surface area contributed by atoms with Gasteiger partial charge in [0.25, 0.3) is 11.8 Å². The summed E-state index contributed by atoms with van der Waals surface area (Å²) in [7, 11) is 0. The molecule has 184 valence electrons. The lowest BCUT2D eigenvalue weighted by molar-refractivity contribution is -0.139. The van der Waals surface area contributed by atoms with E-state index in [1.807, 2.05) is 81.4 Å². The summed E-state index contributed by atoms with van der Waals surface area (Å²) in [4.78, 5) is 43.6. The highest BCUT2D eigenvalue weighted by Crippen LogP contribution is 2.40. The third kappa shape index (κ3) is 5.26. The Morgan fingerprint density at radius 3 is 2.11 bits per heavy atom. The molecule has 5 nitrogen and oxygen atoms in total. The molecular weight excluding hydrogens is 472 g/mol. The molecule has 1 saturated heterocycles. The van der Waals surface area contributed by atoms with Crippen LogP contribution in [-0.2, 0) is 16.1 Å². The number of benzene rings is 3. The van der Waals surface area contributed by atoms with Crippen molar-refractivity contribution in [1.29, 1.82) is 0 Å². The van der Waals surface area contributed by atoms with E-state index in [2.05, 4.69) is 5.32 Å². The molecule has 0 aromatic heterocycles. The average molecular weight is 501 g/mol. The van der Waals surface area contributed by atoms with Crippen molar-refractivity contribution in [2.45, 2.75) is 44.8 Å². The number of ketones is 1. The smallest absolute Gasteiger partial charge is 0.254 e. The molecule has 0 saturated carbocycles. The Kier molecular flexibility index (Phi) is 7.14. The molecule has 0 radical (unpaired) electrons. The van der Waals surface area contributed by atoms with Gasteiger partial charge in [-0.05, 0) is 62.2 Å². The predicted octanol–water partition coefficient (Wildman–Crippen LogP) is 5.69. The third-order valence-corrected chi connectivity index (χ3v) is 6.35. The van der Waals surface area contributed by atoms with E-state index in [9.17, 15) is 14.4 Å². The normalized spacial score (nSPS) is 18.9. The van der Waals surface area contributed by atoms with Gasteiger partial charge < -0.3 is 10.2 Å². The van der Waals surface area contributed by atoms with Crippen molar-refractivity contribution in [2.24, 2.45) is 0 Å². The van der Waals surface area contributed by atoms with Gasteiger partial charge in [0.05, 0.1) is 0 Å². The molecule has 1 unspecified atom stereocenters. The van der Waals surface area contributed by atoms with Crippen molar-refractivity contribution >= 4 is 35.3 Å². The zero-order chi connectivity index (χ0) is 25.9. The molecule has 6 heteroatoms. The Balaban J connectivity index is 1.90. The second-order valence-corrected chi connectivity index (χ2v) is 10.5. The van der Waals surface area contributed by atoms with Crippen LogP contribution in [0.2, 0.25) is 5.02 Å². The summed E-state index contributed by atoms with van der Waals surface area (Å²) in [6.07, 6.45) is 1.72. The van der Waals surface area contributed by atoms with Crippen LogP contribution in [0.15, 0.2) is 90.5 Å². The summed E-state index contributed by atoms with van der Waals surface area (Å²) in [5.41, 5.74) is 0.000689. The van der Waals surface area contributed by atoms with E-state index in [-0.39, 0.29) is 18.9 Å². The number of hydrogen-bond acceptors (Lipinski definition) is 3. The van der Waals surface area contributed by atoms with E-state index in [1.54, 1.807) is 30.3 Å². The lowest BCUT2D eigenvalue weighted by Gasteiger charge is -2.37. The maximum Gasteiger partial charge on any atom is 0.254 e. The molecule has 3 aromatic rings. The van der Waals surface area contributed by atoms with Crippen LogP contribution in [0.25, 0.3) is 6.08 Å². The van der Waals surface area contributed by atoms with Crippen LogP contribution >= 0.6 is 11.6 Å². The van der Waals surface area contributed by atoms with E-state index in [4.69, 9.17) is 11.6 Å². The topological polar surface area (TPSA) is 66.5 Å². The highest BCUT2D eigenvalue weighted by molar-refractivity contribution is 6.31. The second kappa shape index (κ2) is 10.1. The summed E-state index contributed by atoms with van der Waals surface area (Å²) < 4.78 is 0. The number of carbonyl (C=O) groups excluding carboxylic acids is 3. The number of nitrogens with zero attached hydrogens (tertiary/aromatic N) is 1. The first-order valence-electron chi connectivity index (χ1n) is 11.8. The molecule has 0 bridgehead atoms. The van der Waals surface area contributed by atoms with Crippen LogP contribution in [0.1, 0.15) is 48.7 Å². The predicted molar refractivity (Wildman–Crippen MR) is 142 cm³/mol. The minimum absolute atomic E-state index is 0.0447. The maximum atomic E-state index is 14.2. The first-order chi connectivity index (χ1) is 17.1. The van der Waals surface area contributed by atoms with Crippen molar-refractivity contribution in [3.05, 3.63) is 112 Å². The third-order valence-electron chi connectivity index (χ3n) is 6.10. The summed E-state index contributed by atoms with van der Waals surface area (Å²) in [6, 6.07) is 25.2. The molecule has 1 heterocycles. The largest absolute Gasteiger partial charge is 0.349 e. The maximum absolute atomic E-state index is 14.2. The molecule has 0 spiro atoms. The molecule has 1 N–H and O–H groups in total. The van der Waals surface area contributed by atoms with Gasteiger partial charge in [0.15, 0.2) is 11.3 Å². The number of nitrogens with one attached hydrogen (secondary N) is 1. The summed E-state index contributed by atoms with van der Waals surface area (Å²) in [5.74, 6) is -1.29. The summed E-state index contributed by atoms with van der Waals surface area (Å²) in [5, 5.41) is 3.46. The molecule has 0 aliphatic carbocycles. The molecule has 1 aliphatic heterocycles. The molecule has 4 rings (SSSR count). The fourth-order valence-electron chi connectivity index (χ4n) is 4.42. The van der Waals surface area contributed by atoms with Crippen LogP contribution in [0.5, 0.6) is 0 Å². The molecule has 1 aliphatic rings. The fraction of sp³-hybridized carbons (Fsp3) is 0.233. The molecule has 3 aromatic carbocycles. The Bertz CT molecular complexity index is 1300. The van der Waals surface area contributed by atoms with Crippen molar-refractivity contribution < 1.29 is 14.4 Å². The minimum atomic E-state index is -1.76. The minimum Gasteiger partial charge on any atom is -0.349 e. The van der Waals surface area contributed by atoms with Crippen LogP contribution in [0.3, 0.4) is 0 Å². The Morgan fingerprint density at radius 1 is 0.944 bits per heavy atom. The number of hydrogen-bond donors (Lipinski definition) is 1. The van der Waals surface area contributed by atoms with Gasteiger partial charge in [0, 0.05) is 34.7 Å². The van der Waals surface area contributed by atoms with Gasteiger partial charge in [0.1, 0.15) is 0 Å². The van der Waals surface area contributed by atoms with Crippen LogP contribution in [-0.4, -0.2) is 33.6 Å². The van der Waals surface area contributed by atoms with E-state index in [0.717, 1.165) is 11.1 Å². The summed E-state index contributed by atoms with van der Waals surface area (Å²) in [6.45, 7) is 5.67. The zero-order valence-electron chi connectivity index (χ0n) is 20.6. The van der Waals surface area contributed by atoms with Crippen LogP contribution in [0, 0.1) is 0 Å². The zero-order valence-corrected chi connectivity index (χ0v) is 21.4. The number of Topliss-reactive ketones (excluding diaryl/α,β-unsaturated/α-hetero) is 1. The van der Waals surface area contributed by atoms with Crippen molar-refractivity contribution in [2.75, 3.05) is 0 Å². The van der Waals surface area contributed by atoms with Gasteiger partial charge in [-0.1, -0.05) is 72.3 Å². The van der Waals surface area contributed by atoms with Gasteiger partial charge in [-0.3, -0.25) is 14.4 Å². The highest BCUT2D eigenvalue weighted by atomic mass is 35.5. The molecule has 1 fully saturated rings. The monoisotopic (exact) mass is 500 g/mol. The average Bonchev–Trinajstić information content (AvgIpc) is 3.11. The number of amides is 2. The molecule has 36 heavy (non-hydrogen) atoms. The Hall–Kier alpha value is -3.70. The van der Waals surface area contributed by atoms with E-state index in [0.29, 0.717) is 16.2 Å². The van der Waals surface area contributed by atoms with E-state index in [1.165, 1.54) is 4.90 Å². The summed E-state index contributed by atoms with van der Waals surface area (Å²) >= 11 is 6.07. The Morgan fingerprint density at radius 2 is 1.53 bits per heavy atom. The number of likely N-dealkylation sites (tertiary alicyclic amines) is 1. The fourth-order valence-corrected chi connectivity index (χ4v) is 4.55. The van der Waals surface area contributed by atoms with Gasteiger partial charge in [-0.25, -0.2) is 0 Å². The van der Waals surface area contributed by atoms with Gasteiger partial charge >= 0.3 is 0 Å². The first kappa shape index (κ1) is 25.4. The van der Waals surface area contributed by atoms with Crippen LogP contribution in [0.4, 0.5) is 0 Å². The van der Waals surface area contributed by atoms with E-state index < -0.39 is 22.8 Å². The number of halogens is 1. The van der Waals surface area contributed by atoms with Gasteiger partial charge in [0.2, 0.25) is 0 Å². The first-order valence-corrected chi connectivity index (χ1v) is 12.2. The molecule has 1 atom stereocenters. The lowest BCUT2D eigenvalue weighted by atomic mass is 9.83. The van der Waals surface area contributed by atoms with Gasteiger partial charge in [-0.2, -0.15) is 0 Å². The number of rotatable bonds is 6. The standard InChI is InChI=1S/C30H29ClN2O3/c1-29(2,3)32-28(36)30(26(34)23-14-16-25(31)17-15-23)19-24(18-21-10-6-4-7-11-21)27(35)33(30)20-22-12-8-5-9-13-22/h4-18H,19-20H2,1-3H3,(H,32,36)/b24-18+. The quantitative estimate of drug-likeness (QED) is 0.268. The van der Waals surface area contributed by atoms with Crippen molar-refractivity contribution in [1.82, 2.24) is 10.2 Å². The highest BCUT2D eigenvalue weighted by Gasteiger charge is 2.59. The van der Waals surface area contributed by atoms with Crippen LogP contribution < -0.4 is 5.32 Å².